The maximum atomic E-state index is 11.8. The van der Waals surface area contributed by atoms with Crippen LogP contribution in [0.5, 0.6) is 0 Å². The van der Waals surface area contributed by atoms with Crippen molar-refractivity contribution in [3.8, 4) is 0 Å². The number of nitrogens with one attached hydrogen (secondary N) is 2. The van der Waals surface area contributed by atoms with Crippen LogP contribution in [0.3, 0.4) is 0 Å². The largest absolute Gasteiger partial charge is 0.317 e. The summed E-state index contributed by atoms with van der Waals surface area (Å²) in [5.41, 5.74) is 0.998. The highest BCUT2D eigenvalue weighted by molar-refractivity contribution is 8.00. The summed E-state index contributed by atoms with van der Waals surface area (Å²) in [6.45, 7) is 4.08. The van der Waals surface area contributed by atoms with Crippen LogP contribution in [-0.2, 0) is 4.79 Å². The van der Waals surface area contributed by atoms with Gasteiger partial charge in [-0.1, -0.05) is 6.07 Å². The summed E-state index contributed by atoms with van der Waals surface area (Å²) >= 11 is 1.75. The van der Waals surface area contributed by atoms with Crippen LogP contribution in [0.15, 0.2) is 18.3 Å². The number of amides is 1. The molecule has 0 radical (unpaired) electrons. The smallest absolute Gasteiger partial charge is 0.235 e. The third-order valence-electron chi connectivity index (χ3n) is 3.00. The summed E-state index contributed by atoms with van der Waals surface area (Å²) < 4.78 is 0. The van der Waals surface area contributed by atoms with E-state index in [2.05, 4.69) is 15.6 Å². The van der Waals surface area contributed by atoms with E-state index in [1.807, 2.05) is 19.1 Å². The van der Waals surface area contributed by atoms with Gasteiger partial charge in [-0.2, -0.15) is 0 Å². The Hall–Kier alpha value is -1.07. The molecule has 2 rings (SSSR count). The molecule has 1 aliphatic rings. The topological polar surface area (TPSA) is 54.0 Å². The molecule has 1 fully saturated rings. The standard InChI is InChI=1S/C13H19N3OS/c1-10-3-2-6-15-13(10)16-12(17)9-18-11-4-7-14-8-5-11/h2-3,6,11,14H,4-5,7-9H2,1H3,(H,15,16,17). The van der Waals surface area contributed by atoms with Gasteiger partial charge in [0.05, 0.1) is 5.75 Å². The van der Waals surface area contributed by atoms with Gasteiger partial charge in [-0.05, 0) is 44.5 Å². The molecule has 2 N–H and O–H groups in total. The Morgan fingerprint density at radius 1 is 1.56 bits per heavy atom. The Labute approximate surface area is 112 Å². The van der Waals surface area contributed by atoms with E-state index in [1.165, 1.54) is 0 Å². The average Bonchev–Trinajstić information content (AvgIpc) is 2.40. The van der Waals surface area contributed by atoms with Crippen LogP contribution in [0.1, 0.15) is 18.4 Å². The molecular formula is C13H19N3OS. The average molecular weight is 265 g/mol. The van der Waals surface area contributed by atoms with Crippen molar-refractivity contribution in [3.63, 3.8) is 0 Å². The third kappa shape index (κ3) is 3.99. The maximum Gasteiger partial charge on any atom is 0.235 e. The Balaban J connectivity index is 1.76. The van der Waals surface area contributed by atoms with E-state index in [9.17, 15) is 4.79 Å². The summed E-state index contributed by atoms with van der Waals surface area (Å²) in [4.78, 5) is 16.0. The number of hydrogen-bond acceptors (Lipinski definition) is 4. The van der Waals surface area contributed by atoms with Crippen molar-refractivity contribution >= 4 is 23.5 Å². The molecule has 0 aromatic carbocycles. The van der Waals surface area contributed by atoms with Crippen molar-refractivity contribution in [2.45, 2.75) is 25.0 Å². The van der Waals surface area contributed by atoms with Crippen molar-refractivity contribution in [2.24, 2.45) is 0 Å². The van der Waals surface area contributed by atoms with Gasteiger partial charge in [0.2, 0.25) is 5.91 Å². The number of pyridine rings is 1. The van der Waals surface area contributed by atoms with Gasteiger partial charge in [0.15, 0.2) is 0 Å². The van der Waals surface area contributed by atoms with Crippen molar-refractivity contribution < 1.29 is 4.79 Å². The minimum atomic E-state index is 0.0420. The predicted molar refractivity (Wildman–Crippen MR) is 76.0 cm³/mol. The number of carbonyl (C=O) groups is 1. The molecule has 1 aromatic heterocycles. The molecular weight excluding hydrogens is 246 g/mol. The van der Waals surface area contributed by atoms with Gasteiger partial charge in [-0.25, -0.2) is 4.98 Å². The lowest BCUT2D eigenvalue weighted by Gasteiger charge is -2.21. The number of rotatable bonds is 4. The quantitative estimate of drug-likeness (QED) is 0.872. The van der Waals surface area contributed by atoms with E-state index in [0.29, 0.717) is 16.8 Å². The van der Waals surface area contributed by atoms with Crippen LogP contribution < -0.4 is 10.6 Å². The fraction of sp³-hybridized carbons (Fsp3) is 0.538. The molecule has 4 nitrogen and oxygen atoms in total. The molecule has 0 atom stereocenters. The molecule has 0 aliphatic carbocycles. The molecule has 98 valence electrons. The first-order chi connectivity index (χ1) is 8.75. The van der Waals surface area contributed by atoms with Crippen LogP contribution >= 0.6 is 11.8 Å². The molecule has 1 amide bonds. The maximum absolute atomic E-state index is 11.8. The second kappa shape index (κ2) is 6.75. The first-order valence-corrected chi connectivity index (χ1v) is 7.34. The normalized spacial score (nSPS) is 16.5. The van der Waals surface area contributed by atoms with Gasteiger partial charge in [0.25, 0.3) is 0 Å². The molecule has 5 heteroatoms. The van der Waals surface area contributed by atoms with Gasteiger partial charge in [-0.15, -0.1) is 11.8 Å². The zero-order valence-electron chi connectivity index (χ0n) is 10.6. The molecule has 2 heterocycles. The molecule has 0 bridgehead atoms. The minimum absolute atomic E-state index is 0.0420. The summed E-state index contributed by atoms with van der Waals surface area (Å²) in [7, 11) is 0. The molecule has 1 aromatic rings. The van der Waals surface area contributed by atoms with Crippen LogP contribution in [0, 0.1) is 6.92 Å². The van der Waals surface area contributed by atoms with Crippen LogP contribution in [0.2, 0.25) is 0 Å². The van der Waals surface area contributed by atoms with Gasteiger partial charge in [-0.3, -0.25) is 4.79 Å². The van der Waals surface area contributed by atoms with Crippen molar-refractivity contribution in [1.82, 2.24) is 10.3 Å². The molecule has 0 spiro atoms. The van der Waals surface area contributed by atoms with Crippen molar-refractivity contribution in [2.75, 3.05) is 24.2 Å². The zero-order chi connectivity index (χ0) is 12.8. The summed E-state index contributed by atoms with van der Waals surface area (Å²) in [5.74, 6) is 1.23. The number of thioether (sulfide) groups is 1. The first-order valence-electron chi connectivity index (χ1n) is 6.29. The number of aromatic nitrogens is 1. The van der Waals surface area contributed by atoms with Gasteiger partial charge >= 0.3 is 0 Å². The van der Waals surface area contributed by atoms with Crippen LogP contribution in [0.25, 0.3) is 0 Å². The Kier molecular flexibility index (Phi) is 5.01. The second-order valence-corrected chi connectivity index (χ2v) is 5.77. The predicted octanol–water partition coefficient (Wildman–Crippen LogP) is 1.81. The van der Waals surface area contributed by atoms with Gasteiger partial charge in [0.1, 0.15) is 5.82 Å². The Morgan fingerprint density at radius 2 is 2.33 bits per heavy atom. The number of nitrogens with zero attached hydrogens (tertiary/aromatic N) is 1. The molecule has 1 aliphatic heterocycles. The highest BCUT2D eigenvalue weighted by atomic mass is 32.2. The monoisotopic (exact) mass is 265 g/mol. The Bertz CT molecular complexity index is 405. The van der Waals surface area contributed by atoms with Gasteiger partial charge in [0, 0.05) is 11.4 Å². The SMILES string of the molecule is Cc1cccnc1NC(=O)CSC1CCNCC1. The molecule has 1 saturated heterocycles. The first kappa shape index (κ1) is 13.4. The van der Waals surface area contributed by atoms with E-state index in [-0.39, 0.29) is 5.91 Å². The molecule has 0 saturated carbocycles. The van der Waals surface area contributed by atoms with E-state index in [1.54, 1.807) is 18.0 Å². The lowest BCUT2D eigenvalue weighted by atomic mass is 10.2. The number of piperidine rings is 1. The van der Waals surface area contributed by atoms with Crippen molar-refractivity contribution in [3.05, 3.63) is 23.9 Å². The van der Waals surface area contributed by atoms with E-state index in [0.717, 1.165) is 31.5 Å². The highest BCUT2D eigenvalue weighted by Gasteiger charge is 2.15. The zero-order valence-corrected chi connectivity index (χ0v) is 11.4. The lowest BCUT2D eigenvalue weighted by molar-refractivity contribution is -0.113. The summed E-state index contributed by atoms with van der Waals surface area (Å²) in [6.07, 6.45) is 4.00. The van der Waals surface area contributed by atoms with Crippen molar-refractivity contribution in [1.29, 1.82) is 0 Å². The number of carbonyl (C=O) groups excluding carboxylic acids is 1. The van der Waals surface area contributed by atoms with Gasteiger partial charge < -0.3 is 10.6 Å². The fourth-order valence-corrected chi connectivity index (χ4v) is 2.97. The van der Waals surface area contributed by atoms with Crippen LogP contribution in [-0.4, -0.2) is 35.0 Å². The fourth-order valence-electron chi connectivity index (χ4n) is 1.94. The van der Waals surface area contributed by atoms with E-state index < -0.39 is 0 Å². The number of anilines is 1. The minimum Gasteiger partial charge on any atom is -0.317 e. The molecule has 0 unspecified atom stereocenters. The van der Waals surface area contributed by atoms with E-state index in [4.69, 9.17) is 0 Å². The summed E-state index contributed by atoms with van der Waals surface area (Å²) in [6, 6.07) is 3.82. The number of aryl methyl sites for hydroxylation is 1. The highest BCUT2D eigenvalue weighted by Crippen LogP contribution is 2.20. The van der Waals surface area contributed by atoms with E-state index >= 15 is 0 Å². The number of hydrogen-bond donors (Lipinski definition) is 2. The van der Waals surface area contributed by atoms with Crippen LogP contribution in [0.4, 0.5) is 5.82 Å². The lowest BCUT2D eigenvalue weighted by Crippen LogP contribution is -2.30. The second-order valence-electron chi connectivity index (χ2n) is 4.48. The Morgan fingerprint density at radius 3 is 3.06 bits per heavy atom. The molecule has 18 heavy (non-hydrogen) atoms. The third-order valence-corrected chi connectivity index (χ3v) is 4.38. The summed E-state index contributed by atoms with van der Waals surface area (Å²) in [5, 5.41) is 6.80.